The first-order valence-electron chi connectivity index (χ1n) is 8.15. The number of nitrogens with zero attached hydrogens (tertiary/aromatic N) is 2. The molecular formula is C16H28N4O2. The van der Waals surface area contributed by atoms with E-state index >= 15 is 0 Å². The summed E-state index contributed by atoms with van der Waals surface area (Å²) < 4.78 is 6.97. The highest BCUT2D eigenvalue weighted by Crippen LogP contribution is 2.21. The second-order valence-corrected chi connectivity index (χ2v) is 6.04. The van der Waals surface area contributed by atoms with E-state index < -0.39 is 0 Å². The standard InChI is InChI=1S/C16H28N4O2/c1-12-16(13(2)20(19-12)10-11-22-3)18-15(21)5-4-14-6-8-17-9-7-14/h14,17H,4-11H2,1-3H3,(H,18,21). The van der Waals surface area contributed by atoms with Gasteiger partial charge < -0.3 is 15.4 Å². The Morgan fingerprint density at radius 1 is 1.41 bits per heavy atom. The molecule has 1 amide bonds. The predicted molar refractivity (Wildman–Crippen MR) is 87.0 cm³/mol. The molecule has 1 aromatic heterocycles. The van der Waals surface area contributed by atoms with Crippen LogP contribution in [0.4, 0.5) is 5.69 Å². The van der Waals surface area contributed by atoms with Crippen LogP contribution < -0.4 is 10.6 Å². The predicted octanol–water partition coefficient (Wildman–Crippen LogP) is 1.86. The quantitative estimate of drug-likeness (QED) is 0.807. The van der Waals surface area contributed by atoms with Crippen LogP contribution in [0.15, 0.2) is 0 Å². The van der Waals surface area contributed by atoms with Crippen LogP contribution in [-0.4, -0.2) is 42.5 Å². The monoisotopic (exact) mass is 308 g/mol. The lowest BCUT2D eigenvalue weighted by Gasteiger charge is -2.22. The number of piperidine rings is 1. The lowest BCUT2D eigenvalue weighted by Crippen LogP contribution is -2.28. The van der Waals surface area contributed by atoms with E-state index in [1.165, 1.54) is 12.8 Å². The first-order valence-corrected chi connectivity index (χ1v) is 8.15. The number of aromatic nitrogens is 2. The third kappa shape index (κ3) is 4.55. The molecule has 2 rings (SSSR count). The van der Waals surface area contributed by atoms with E-state index in [9.17, 15) is 4.79 Å². The fourth-order valence-electron chi connectivity index (χ4n) is 2.98. The highest BCUT2D eigenvalue weighted by molar-refractivity contribution is 5.91. The highest BCUT2D eigenvalue weighted by atomic mass is 16.5. The third-order valence-corrected chi connectivity index (χ3v) is 4.39. The number of aryl methyl sites for hydroxylation is 1. The summed E-state index contributed by atoms with van der Waals surface area (Å²) in [6, 6.07) is 0. The molecule has 0 atom stereocenters. The Balaban J connectivity index is 1.86. The Morgan fingerprint density at radius 2 is 2.14 bits per heavy atom. The first-order chi connectivity index (χ1) is 10.6. The fraction of sp³-hybridized carbons (Fsp3) is 0.750. The zero-order valence-electron chi connectivity index (χ0n) is 13.9. The van der Waals surface area contributed by atoms with Gasteiger partial charge in [0.15, 0.2) is 0 Å². The van der Waals surface area contributed by atoms with Crippen molar-refractivity contribution in [1.82, 2.24) is 15.1 Å². The van der Waals surface area contributed by atoms with Gasteiger partial charge in [0.2, 0.25) is 5.91 Å². The van der Waals surface area contributed by atoms with Crippen LogP contribution >= 0.6 is 0 Å². The Morgan fingerprint density at radius 3 is 2.82 bits per heavy atom. The van der Waals surface area contributed by atoms with Crippen molar-refractivity contribution >= 4 is 11.6 Å². The van der Waals surface area contributed by atoms with Gasteiger partial charge in [-0.15, -0.1) is 0 Å². The summed E-state index contributed by atoms with van der Waals surface area (Å²) in [5, 5.41) is 10.9. The number of rotatable bonds is 7. The van der Waals surface area contributed by atoms with Crippen molar-refractivity contribution < 1.29 is 9.53 Å². The number of hydrogen-bond acceptors (Lipinski definition) is 4. The molecule has 1 fully saturated rings. The number of hydrogen-bond donors (Lipinski definition) is 2. The third-order valence-electron chi connectivity index (χ3n) is 4.39. The van der Waals surface area contributed by atoms with Crippen LogP contribution in [0.3, 0.4) is 0 Å². The van der Waals surface area contributed by atoms with Gasteiger partial charge in [-0.1, -0.05) is 0 Å². The largest absolute Gasteiger partial charge is 0.383 e. The van der Waals surface area contributed by atoms with Crippen LogP contribution in [-0.2, 0) is 16.1 Å². The van der Waals surface area contributed by atoms with E-state index in [4.69, 9.17) is 4.74 Å². The van der Waals surface area contributed by atoms with Gasteiger partial charge in [-0.2, -0.15) is 5.10 Å². The average molecular weight is 308 g/mol. The van der Waals surface area contributed by atoms with Crippen LogP contribution in [0, 0.1) is 19.8 Å². The van der Waals surface area contributed by atoms with E-state index in [0.717, 1.165) is 36.6 Å². The van der Waals surface area contributed by atoms with Gasteiger partial charge in [-0.25, -0.2) is 0 Å². The lowest BCUT2D eigenvalue weighted by atomic mass is 9.93. The zero-order valence-corrected chi connectivity index (χ0v) is 13.9. The van der Waals surface area contributed by atoms with E-state index in [1.807, 2.05) is 18.5 Å². The van der Waals surface area contributed by atoms with E-state index in [-0.39, 0.29) is 5.91 Å². The van der Waals surface area contributed by atoms with Crippen LogP contribution in [0.1, 0.15) is 37.1 Å². The molecule has 0 radical (unpaired) electrons. The second kappa shape index (κ2) is 8.29. The molecule has 6 heteroatoms. The number of amides is 1. The van der Waals surface area contributed by atoms with Crippen molar-refractivity contribution in [3.63, 3.8) is 0 Å². The minimum absolute atomic E-state index is 0.0935. The van der Waals surface area contributed by atoms with Gasteiger partial charge in [-0.05, 0) is 52.1 Å². The molecule has 6 nitrogen and oxygen atoms in total. The summed E-state index contributed by atoms with van der Waals surface area (Å²) in [5.41, 5.74) is 2.71. The molecule has 0 bridgehead atoms. The van der Waals surface area contributed by atoms with Crippen molar-refractivity contribution in [2.75, 3.05) is 32.1 Å². The number of carbonyl (C=O) groups excluding carboxylic acids is 1. The maximum atomic E-state index is 12.2. The summed E-state index contributed by atoms with van der Waals surface area (Å²) >= 11 is 0. The summed E-state index contributed by atoms with van der Waals surface area (Å²) in [7, 11) is 1.68. The van der Waals surface area contributed by atoms with Crippen molar-refractivity contribution in [1.29, 1.82) is 0 Å². The molecule has 1 saturated heterocycles. The Hall–Kier alpha value is -1.40. The van der Waals surface area contributed by atoms with Gasteiger partial charge in [0.1, 0.15) is 0 Å². The molecule has 0 unspecified atom stereocenters. The van der Waals surface area contributed by atoms with E-state index in [2.05, 4.69) is 15.7 Å². The summed E-state index contributed by atoms with van der Waals surface area (Å²) in [5.74, 6) is 0.773. The smallest absolute Gasteiger partial charge is 0.224 e. The minimum Gasteiger partial charge on any atom is -0.383 e. The van der Waals surface area contributed by atoms with Crippen molar-refractivity contribution in [3.05, 3.63) is 11.4 Å². The van der Waals surface area contributed by atoms with Gasteiger partial charge in [-0.3, -0.25) is 9.48 Å². The van der Waals surface area contributed by atoms with Gasteiger partial charge in [0.05, 0.1) is 30.2 Å². The topological polar surface area (TPSA) is 68.2 Å². The molecule has 0 saturated carbocycles. The zero-order chi connectivity index (χ0) is 15.9. The minimum atomic E-state index is 0.0935. The molecule has 1 aliphatic heterocycles. The average Bonchev–Trinajstić information content (AvgIpc) is 2.79. The molecular weight excluding hydrogens is 280 g/mol. The molecule has 2 heterocycles. The number of anilines is 1. The first kappa shape index (κ1) is 17.0. The van der Waals surface area contributed by atoms with E-state index in [0.29, 0.717) is 25.5 Å². The fourth-order valence-corrected chi connectivity index (χ4v) is 2.98. The van der Waals surface area contributed by atoms with Crippen molar-refractivity contribution in [2.45, 2.75) is 46.1 Å². The molecule has 1 aromatic rings. The molecule has 0 spiro atoms. The van der Waals surface area contributed by atoms with Gasteiger partial charge in [0.25, 0.3) is 0 Å². The summed E-state index contributed by atoms with van der Waals surface area (Å²) in [6.07, 6.45) is 3.93. The maximum Gasteiger partial charge on any atom is 0.224 e. The van der Waals surface area contributed by atoms with Crippen LogP contribution in [0.25, 0.3) is 0 Å². The maximum absolute atomic E-state index is 12.2. The Kier molecular flexibility index (Phi) is 6.39. The molecule has 1 aliphatic rings. The molecule has 22 heavy (non-hydrogen) atoms. The Bertz CT molecular complexity index is 493. The van der Waals surface area contributed by atoms with Crippen LogP contribution in [0.5, 0.6) is 0 Å². The number of nitrogens with one attached hydrogen (secondary N) is 2. The van der Waals surface area contributed by atoms with Crippen molar-refractivity contribution in [3.8, 4) is 0 Å². The molecule has 2 N–H and O–H groups in total. The van der Waals surface area contributed by atoms with E-state index in [1.54, 1.807) is 7.11 Å². The lowest BCUT2D eigenvalue weighted by molar-refractivity contribution is -0.116. The van der Waals surface area contributed by atoms with Crippen molar-refractivity contribution in [2.24, 2.45) is 5.92 Å². The molecule has 0 aliphatic carbocycles. The highest BCUT2D eigenvalue weighted by Gasteiger charge is 2.17. The molecule has 124 valence electrons. The number of ether oxygens (including phenoxy) is 1. The number of methoxy groups -OCH3 is 1. The normalized spacial score (nSPS) is 16.0. The molecule has 0 aromatic carbocycles. The van der Waals surface area contributed by atoms with Crippen LogP contribution in [0.2, 0.25) is 0 Å². The van der Waals surface area contributed by atoms with Gasteiger partial charge in [0, 0.05) is 13.5 Å². The van der Waals surface area contributed by atoms with Gasteiger partial charge >= 0.3 is 0 Å². The SMILES string of the molecule is COCCn1nc(C)c(NC(=O)CCC2CCNCC2)c1C. The summed E-state index contributed by atoms with van der Waals surface area (Å²) in [6.45, 7) is 7.39. The Labute approximate surface area is 132 Å². The summed E-state index contributed by atoms with van der Waals surface area (Å²) in [4.78, 5) is 12.2. The second-order valence-electron chi connectivity index (χ2n) is 6.04. The number of carbonyl (C=O) groups is 1.